The van der Waals surface area contributed by atoms with Crippen molar-refractivity contribution in [3.8, 4) is 0 Å². The van der Waals surface area contributed by atoms with Crippen LogP contribution in [0, 0.1) is 0 Å². The third-order valence-electron chi connectivity index (χ3n) is 5.63. The quantitative estimate of drug-likeness (QED) is 0.111. The normalized spacial score (nSPS) is 11.7. The standard InChI is InChI=1S/C25H52NO2/c1-5-7-9-11-13-15-16-18-20-22-24-26(3,4)28-25(27)23-21-19-17-14-12-10-8-6-2/h5-24H2,1-4H3/q+1. The van der Waals surface area contributed by atoms with E-state index >= 15 is 0 Å². The fourth-order valence-corrected chi connectivity index (χ4v) is 3.75. The van der Waals surface area contributed by atoms with E-state index in [1.54, 1.807) is 0 Å². The van der Waals surface area contributed by atoms with E-state index in [-0.39, 0.29) is 5.97 Å². The molecule has 3 heteroatoms. The van der Waals surface area contributed by atoms with E-state index in [4.69, 9.17) is 4.84 Å². The summed E-state index contributed by atoms with van der Waals surface area (Å²) in [6.07, 6.45) is 24.1. The molecule has 0 unspecified atom stereocenters. The summed E-state index contributed by atoms with van der Waals surface area (Å²) in [5.41, 5.74) is 0. The number of nitrogens with zero attached hydrogens (tertiary/aromatic N) is 1. The predicted molar refractivity (Wildman–Crippen MR) is 122 cm³/mol. The first-order valence-corrected chi connectivity index (χ1v) is 12.6. The van der Waals surface area contributed by atoms with E-state index in [1.807, 2.05) is 14.1 Å². The molecule has 0 heterocycles. The van der Waals surface area contributed by atoms with Crippen LogP contribution in [-0.2, 0) is 9.63 Å². The second kappa shape index (κ2) is 19.7. The minimum Gasteiger partial charge on any atom is -0.277 e. The lowest BCUT2D eigenvalue weighted by Crippen LogP contribution is -2.42. The molecule has 0 N–H and O–H groups in total. The topological polar surface area (TPSA) is 26.3 Å². The van der Waals surface area contributed by atoms with Gasteiger partial charge >= 0.3 is 5.97 Å². The molecule has 0 radical (unpaired) electrons. The highest BCUT2D eigenvalue weighted by molar-refractivity contribution is 5.68. The molecule has 0 saturated carbocycles. The van der Waals surface area contributed by atoms with Gasteiger partial charge in [0, 0.05) is 6.42 Å². The molecular weight excluding hydrogens is 346 g/mol. The molecule has 0 aliphatic carbocycles. The van der Waals surface area contributed by atoms with Crippen LogP contribution in [0.4, 0.5) is 0 Å². The number of hydrogen-bond donors (Lipinski definition) is 0. The Bertz CT molecular complexity index is 341. The third kappa shape index (κ3) is 20.2. The molecule has 0 aliphatic heterocycles. The minimum atomic E-state index is -0.0249. The molecule has 0 aromatic rings. The Labute approximate surface area is 177 Å². The van der Waals surface area contributed by atoms with Gasteiger partial charge in [-0.3, -0.25) is 4.84 Å². The maximum atomic E-state index is 12.1. The van der Waals surface area contributed by atoms with Crippen molar-refractivity contribution in [3.05, 3.63) is 0 Å². The van der Waals surface area contributed by atoms with Gasteiger partial charge in [0.2, 0.25) is 0 Å². The average molecular weight is 399 g/mol. The minimum absolute atomic E-state index is 0.0249. The van der Waals surface area contributed by atoms with Crippen LogP contribution in [0.1, 0.15) is 136 Å². The van der Waals surface area contributed by atoms with E-state index in [0.29, 0.717) is 11.1 Å². The SMILES string of the molecule is CCCCCCCCCCCC[N+](C)(C)OC(=O)CCCCCCCCCC. The molecule has 0 aliphatic rings. The zero-order valence-corrected chi connectivity index (χ0v) is 19.9. The smallest absolute Gasteiger partial charge is 0.277 e. The number of hydrogen-bond acceptors (Lipinski definition) is 2. The molecule has 0 rings (SSSR count). The Morgan fingerprint density at radius 2 is 0.929 bits per heavy atom. The summed E-state index contributed by atoms with van der Waals surface area (Å²) >= 11 is 0. The molecule has 0 atom stereocenters. The fraction of sp³-hybridized carbons (Fsp3) is 0.960. The number of carbonyl (C=O) groups excluding carboxylic acids is 1. The van der Waals surface area contributed by atoms with Crippen LogP contribution < -0.4 is 0 Å². The summed E-state index contributed by atoms with van der Waals surface area (Å²) in [6.45, 7) is 5.45. The van der Waals surface area contributed by atoms with Crippen LogP contribution in [0.2, 0.25) is 0 Å². The molecule has 0 bridgehead atoms. The van der Waals surface area contributed by atoms with Gasteiger partial charge in [-0.1, -0.05) is 110 Å². The summed E-state index contributed by atoms with van der Waals surface area (Å²) in [6, 6.07) is 0. The summed E-state index contributed by atoms with van der Waals surface area (Å²) < 4.78 is 0.382. The lowest BCUT2D eigenvalue weighted by Gasteiger charge is -2.26. The van der Waals surface area contributed by atoms with E-state index in [9.17, 15) is 4.79 Å². The number of quaternary nitrogens is 1. The van der Waals surface area contributed by atoms with Crippen molar-refractivity contribution in [1.82, 2.24) is 0 Å². The predicted octanol–water partition coefficient (Wildman–Crippen LogP) is 7.97. The molecule has 0 fully saturated rings. The van der Waals surface area contributed by atoms with Gasteiger partial charge in [0.15, 0.2) is 0 Å². The van der Waals surface area contributed by atoms with Gasteiger partial charge in [-0.05, 0) is 12.8 Å². The van der Waals surface area contributed by atoms with Gasteiger partial charge in [0.1, 0.15) is 20.6 Å². The highest BCUT2D eigenvalue weighted by Gasteiger charge is 2.21. The van der Waals surface area contributed by atoms with Gasteiger partial charge in [-0.25, -0.2) is 4.79 Å². The first kappa shape index (κ1) is 27.4. The van der Waals surface area contributed by atoms with E-state index < -0.39 is 0 Å². The maximum absolute atomic E-state index is 12.1. The summed E-state index contributed by atoms with van der Waals surface area (Å²) in [7, 11) is 4.03. The van der Waals surface area contributed by atoms with E-state index in [1.165, 1.54) is 96.3 Å². The van der Waals surface area contributed by atoms with Gasteiger partial charge in [0.05, 0.1) is 6.42 Å². The second-order valence-electron chi connectivity index (χ2n) is 9.17. The molecule has 168 valence electrons. The number of hydroxylamine groups is 3. The van der Waals surface area contributed by atoms with Crippen molar-refractivity contribution in [1.29, 1.82) is 0 Å². The number of carbonyl (C=O) groups is 1. The molecule has 0 amide bonds. The molecule has 0 aromatic carbocycles. The van der Waals surface area contributed by atoms with E-state index in [0.717, 1.165) is 25.8 Å². The second-order valence-corrected chi connectivity index (χ2v) is 9.17. The van der Waals surface area contributed by atoms with Crippen molar-refractivity contribution in [2.45, 2.75) is 136 Å². The highest BCUT2D eigenvalue weighted by Crippen LogP contribution is 2.13. The molecular formula is C25H52NO2+. The Morgan fingerprint density at radius 1 is 0.571 bits per heavy atom. The van der Waals surface area contributed by atoms with Crippen LogP contribution in [-0.4, -0.2) is 31.3 Å². The lowest BCUT2D eigenvalue weighted by molar-refractivity contribution is -1.06. The zero-order chi connectivity index (χ0) is 20.9. The molecule has 0 aromatic heterocycles. The average Bonchev–Trinajstić information content (AvgIpc) is 2.65. The van der Waals surface area contributed by atoms with Gasteiger partial charge < -0.3 is 0 Å². The molecule has 0 spiro atoms. The van der Waals surface area contributed by atoms with Crippen LogP contribution in [0.3, 0.4) is 0 Å². The summed E-state index contributed by atoms with van der Waals surface area (Å²) in [5, 5.41) is 0. The van der Waals surface area contributed by atoms with Crippen molar-refractivity contribution < 1.29 is 14.3 Å². The Balaban J connectivity index is 3.51. The highest BCUT2D eigenvalue weighted by atomic mass is 16.7. The Kier molecular flexibility index (Phi) is 19.3. The maximum Gasteiger partial charge on any atom is 0.366 e. The fourth-order valence-electron chi connectivity index (χ4n) is 3.75. The summed E-state index contributed by atoms with van der Waals surface area (Å²) in [5.74, 6) is -0.0249. The van der Waals surface area contributed by atoms with Crippen molar-refractivity contribution in [2.24, 2.45) is 0 Å². The monoisotopic (exact) mass is 398 g/mol. The van der Waals surface area contributed by atoms with E-state index in [2.05, 4.69) is 13.8 Å². The third-order valence-corrected chi connectivity index (χ3v) is 5.63. The van der Waals surface area contributed by atoms with Crippen molar-refractivity contribution >= 4 is 5.97 Å². The molecule has 28 heavy (non-hydrogen) atoms. The number of rotatable bonds is 21. The first-order chi connectivity index (χ1) is 13.5. The largest absolute Gasteiger partial charge is 0.366 e. The Morgan fingerprint density at radius 3 is 1.36 bits per heavy atom. The zero-order valence-electron chi connectivity index (χ0n) is 19.9. The van der Waals surface area contributed by atoms with Gasteiger partial charge in [-0.15, -0.1) is 4.65 Å². The Hall–Kier alpha value is -0.570. The van der Waals surface area contributed by atoms with Crippen molar-refractivity contribution in [2.75, 3.05) is 20.6 Å². The van der Waals surface area contributed by atoms with Crippen molar-refractivity contribution in [3.63, 3.8) is 0 Å². The number of unbranched alkanes of at least 4 members (excludes halogenated alkanes) is 16. The van der Waals surface area contributed by atoms with Crippen LogP contribution in [0.5, 0.6) is 0 Å². The van der Waals surface area contributed by atoms with Gasteiger partial charge in [0.25, 0.3) is 0 Å². The first-order valence-electron chi connectivity index (χ1n) is 12.6. The molecule has 0 saturated heterocycles. The van der Waals surface area contributed by atoms with Crippen LogP contribution >= 0.6 is 0 Å². The van der Waals surface area contributed by atoms with Gasteiger partial charge in [-0.2, -0.15) is 0 Å². The molecule has 3 nitrogen and oxygen atoms in total. The van der Waals surface area contributed by atoms with Crippen LogP contribution in [0.15, 0.2) is 0 Å². The summed E-state index contributed by atoms with van der Waals surface area (Å²) in [4.78, 5) is 17.8. The van der Waals surface area contributed by atoms with Crippen LogP contribution in [0.25, 0.3) is 0 Å². The lowest BCUT2D eigenvalue weighted by atomic mass is 10.1.